The van der Waals surface area contributed by atoms with Gasteiger partial charge in [-0.15, -0.1) is 0 Å². The maximum absolute atomic E-state index is 9.85. The van der Waals surface area contributed by atoms with Crippen molar-refractivity contribution in [1.29, 1.82) is 0 Å². The van der Waals surface area contributed by atoms with Gasteiger partial charge in [0, 0.05) is 44.1 Å². The van der Waals surface area contributed by atoms with Crippen molar-refractivity contribution in [3.63, 3.8) is 0 Å². The van der Waals surface area contributed by atoms with E-state index < -0.39 is 0 Å². The van der Waals surface area contributed by atoms with Crippen molar-refractivity contribution in [1.82, 2.24) is 4.90 Å². The number of benzene rings is 2. The molecule has 1 aliphatic heterocycles. The molecule has 0 bridgehead atoms. The van der Waals surface area contributed by atoms with Gasteiger partial charge >= 0.3 is 0 Å². The monoisotopic (exact) mass is 327 g/mol. The Bertz CT molecular complexity index is 659. The van der Waals surface area contributed by atoms with E-state index in [1.807, 2.05) is 18.2 Å². The number of hydrogen-bond acceptors (Lipinski definition) is 4. The number of likely N-dealkylation sites (tertiary alicyclic amines) is 1. The highest BCUT2D eigenvalue weighted by atomic mass is 16.5. The van der Waals surface area contributed by atoms with E-state index in [-0.39, 0.29) is 18.4 Å². The molecule has 2 aromatic rings. The van der Waals surface area contributed by atoms with E-state index in [1.54, 1.807) is 14.2 Å². The summed E-state index contributed by atoms with van der Waals surface area (Å²) in [5, 5.41) is 9.85. The lowest BCUT2D eigenvalue weighted by molar-refractivity contribution is 0.213. The number of hydrogen-bond donors (Lipinski definition) is 1. The van der Waals surface area contributed by atoms with Crippen LogP contribution in [0.1, 0.15) is 17.0 Å². The molecule has 2 aromatic carbocycles. The van der Waals surface area contributed by atoms with Crippen molar-refractivity contribution in [2.45, 2.75) is 12.5 Å². The zero-order chi connectivity index (χ0) is 16.9. The maximum atomic E-state index is 9.85. The van der Waals surface area contributed by atoms with Gasteiger partial charge in [0.05, 0.1) is 14.2 Å². The fourth-order valence-electron chi connectivity index (χ4n) is 3.59. The zero-order valence-corrected chi connectivity index (χ0v) is 14.3. The number of aliphatic hydroxyl groups excluding tert-OH is 1. The number of methoxy groups -OCH3 is 2. The Labute approximate surface area is 143 Å². The Hall–Kier alpha value is -2.04. The first kappa shape index (κ1) is 16.8. The highest BCUT2D eigenvalue weighted by molar-refractivity contribution is 5.43. The second-order valence-electron chi connectivity index (χ2n) is 6.34. The summed E-state index contributed by atoms with van der Waals surface area (Å²) in [5.74, 6) is 2.10. The molecule has 1 aliphatic rings. The van der Waals surface area contributed by atoms with Gasteiger partial charge in [-0.2, -0.15) is 0 Å². The molecule has 0 radical (unpaired) electrons. The summed E-state index contributed by atoms with van der Waals surface area (Å²) in [6.07, 6.45) is 0. The summed E-state index contributed by atoms with van der Waals surface area (Å²) >= 11 is 0. The zero-order valence-electron chi connectivity index (χ0n) is 14.3. The minimum Gasteiger partial charge on any atom is -0.497 e. The van der Waals surface area contributed by atoms with Crippen LogP contribution >= 0.6 is 0 Å². The third-order valence-electron chi connectivity index (χ3n) is 4.84. The molecule has 3 rings (SSSR count). The lowest BCUT2D eigenvalue weighted by atomic mass is 9.89. The van der Waals surface area contributed by atoms with Crippen molar-refractivity contribution in [3.05, 3.63) is 59.7 Å². The van der Waals surface area contributed by atoms with Crippen molar-refractivity contribution < 1.29 is 14.6 Å². The molecule has 1 saturated heterocycles. The molecule has 4 nitrogen and oxygen atoms in total. The normalized spacial score (nSPS) is 21.0. The van der Waals surface area contributed by atoms with Crippen molar-refractivity contribution in [2.75, 3.05) is 33.9 Å². The van der Waals surface area contributed by atoms with Crippen LogP contribution < -0.4 is 9.47 Å². The lowest BCUT2D eigenvalue weighted by Gasteiger charge is -2.20. The number of aliphatic hydroxyl groups is 1. The van der Waals surface area contributed by atoms with Crippen molar-refractivity contribution >= 4 is 0 Å². The molecular weight excluding hydrogens is 302 g/mol. The van der Waals surface area contributed by atoms with Gasteiger partial charge in [0.25, 0.3) is 0 Å². The molecule has 0 aliphatic carbocycles. The van der Waals surface area contributed by atoms with Crippen LogP contribution in [0.3, 0.4) is 0 Å². The Morgan fingerprint density at radius 3 is 2.50 bits per heavy atom. The summed E-state index contributed by atoms with van der Waals surface area (Å²) in [6, 6.07) is 16.4. The fraction of sp³-hybridized carbons (Fsp3) is 0.400. The highest BCUT2D eigenvalue weighted by Gasteiger charge is 2.34. The Morgan fingerprint density at radius 2 is 1.83 bits per heavy atom. The van der Waals surface area contributed by atoms with Crippen LogP contribution in [-0.2, 0) is 6.54 Å². The summed E-state index contributed by atoms with van der Waals surface area (Å²) in [7, 11) is 3.34. The topological polar surface area (TPSA) is 41.9 Å². The second-order valence-corrected chi connectivity index (χ2v) is 6.34. The van der Waals surface area contributed by atoms with Crippen molar-refractivity contribution in [2.24, 2.45) is 5.92 Å². The molecule has 1 heterocycles. The molecule has 24 heavy (non-hydrogen) atoms. The Kier molecular flexibility index (Phi) is 5.38. The molecule has 0 spiro atoms. The third kappa shape index (κ3) is 3.55. The predicted octanol–water partition coefficient (Wildman–Crippen LogP) is 2.91. The lowest BCUT2D eigenvalue weighted by Crippen LogP contribution is -2.20. The standard InChI is InChI=1S/C20H25NO3/c1-23-17-8-9-18(20(10-17)24-2)19-13-21(12-16(19)14-22)11-15-6-4-3-5-7-15/h3-10,16,19,22H,11-14H2,1-2H3. The van der Waals surface area contributed by atoms with Gasteiger partial charge in [-0.05, 0) is 17.2 Å². The van der Waals surface area contributed by atoms with E-state index in [4.69, 9.17) is 9.47 Å². The first-order valence-electron chi connectivity index (χ1n) is 8.34. The van der Waals surface area contributed by atoms with Crippen LogP contribution in [0.15, 0.2) is 48.5 Å². The van der Waals surface area contributed by atoms with Crippen LogP contribution in [0.25, 0.3) is 0 Å². The highest BCUT2D eigenvalue weighted by Crippen LogP contribution is 2.39. The second kappa shape index (κ2) is 7.69. The SMILES string of the molecule is COc1ccc(C2CN(Cc3ccccc3)CC2CO)c(OC)c1. The molecule has 2 atom stereocenters. The van der Waals surface area contributed by atoms with E-state index in [9.17, 15) is 5.11 Å². The van der Waals surface area contributed by atoms with Gasteiger partial charge in [-0.25, -0.2) is 0 Å². The van der Waals surface area contributed by atoms with Gasteiger partial charge in [0.2, 0.25) is 0 Å². The summed E-state index contributed by atoms with van der Waals surface area (Å²) in [5.41, 5.74) is 2.45. The number of ether oxygens (including phenoxy) is 2. The van der Waals surface area contributed by atoms with E-state index in [0.29, 0.717) is 0 Å². The Balaban J connectivity index is 1.80. The third-order valence-corrected chi connectivity index (χ3v) is 4.84. The first-order chi connectivity index (χ1) is 11.7. The van der Waals surface area contributed by atoms with Crippen molar-refractivity contribution in [3.8, 4) is 11.5 Å². The fourth-order valence-corrected chi connectivity index (χ4v) is 3.59. The molecule has 0 amide bonds. The summed E-state index contributed by atoms with van der Waals surface area (Å²) in [6.45, 7) is 2.91. The van der Waals surface area contributed by atoms with Gasteiger partial charge in [0.1, 0.15) is 11.5 Å². The van der Waals surface area contributed by atoms with Crippen LogP contribution in [0.5, 0.6) is 11.5 Å². The summed E-state index contributed by atoms with van der Waals surface area (Å²) in [4.78, 5) is 2.41. The number of rotatable bonds is 6. The number of nitrogens with zero attached hydrogens (tertiary/aromatic N) is 1. The van der Waals surface area contributed by atoms with E-state index in [2.05, 4.69) is 35.2 Å². The summed E-state index contributed by atoms with van der Waals surface area (Å²) < 4.78 is 10.9. The molecular formula is C20H25NO3. The maximum Gasteiger partial charge on any atom is 0.126 e. The minimum absolute atomic E-state index is 0.186. The molecule has 128 valence electrons. The predicted molar refractivity (Wildman–Crippen MR) is 94.6 cm³/mol. The largest absolute Gasteiger partial charge is 0.497 e. The van der Waals surface area contributed by atoms with E-state index in [1.165, 1.54) is 5.56 Å². The van der Waals surface area contributed by atoms with E-state index >= 15 is 0 Å². The molecule has 1 fully saturated rings. The average molecular weight is 327 g/mol. The molecule has 4 heteroatoms. The van der Waals surface area contributed by atoms with Crippen LogP contribution in [0.2, 0.25) is 0 Å². The molecule has 1 N–H and O–H groups in total. The molecule has 0 aromatic heterocycles. The van der Waals surface area contributed by atoms with E-state index in [0.717, 1.165) is 36.7 Å². The van der Waals surface area contributed by atoms with Gasteiger partial charge in [-0.3, -0.25) is 4.90 Å². The minimum atomic E-state index is 0.186. The van der Waals surface area contributed by atoms with Crippen LogP contribution in [0, 0.1) is 5.92 Å². The van der Waals surface area contributed by atoms with Crippen LogP contribution in [-0.4, -0.2) is 43.9 Å². The smallest absolute Gasteiger partial charge is 0.126 e. The quantitative estimate of drug-likeness (QED) is 0.886. The average Bonchev–Trinajstić information content (AvgIpc) is 3.04. The van der Waals surface area contributed by atoms with Gasteiger partial charge < -0.3 is 14.6 Å². The first-order valence-corrected chi connectivity index (χ1v) is 8.34. The molecule has 2 unspecified atom stereocenters. The van der Waals surface area contributed by atoms with Crippen LogP contribution in [0.4, 0.5) is 0 Å². The van der Waals surface area contributed by atoms with Gasteiger partial charge in [-0.1, -0.05) is 36.4 Å². The Morgan fingerprint density at radius 1 is 1.04 bits per heavy atom. The van der Waals surface area contributed by atoms with Gasteiger partial charge in [0.15, 0.2) is 0 Å². The molecule has 0 saturated carbocycles.